The molecule has 0 saturated heterocycles. The molecule has 3 nitrogen and oxygen atoms in total. The first-order valence-corrected chi connectivity index (χ1v) is 6.91. The van der Waals surface area contributed by atoms with E-state index in [9.17, 15) is 4.79 Å². The van der Waals surface area contributed by atoms with Gasteiger partial charge in [-0.15, -0.1) is 0 Å². The number of nitrogens with zero attached hydrogens (tertiary/aromatic N) is 2. The summed E-state index contributed by atoms with van der Waals surface area (Å²) in [4.78, 5) is 18.3. The van der Waals surface area contributed by atoms with Gasteiger partial charge in [0.05, 0.1) is 0 Å². The summed E-state index contributed by atoms with van der Waals surface area (Å²) >= 11 is 3.29. The third kappa shape index (κ3) is 3.20. The van der Waals surface area contributed by atoms with Crippen molar-refractivity contribution in [2.75, 3.05) is 11.4 Å². The monoisotopic (exact) mass is 318 g/mol. The summed E-state index contributed by atoms with van der Waals surface area (Å²) in [7, 11) is 0. The molecule has 1 heterocycles. The summed E-state index contributed by atoms with van der Waals surface area (Å²) in [6.45, 7) is 4.62. The zero-order valence-electron chi connectivity index (χ0n) is 10.9. The highest BCUT2D eigenvalue weighted by atomic mass is 79.9. The van der Waals surface area contributed by atoms with Gasteiger partial charge in [0, 0.05) is 24.0 Å². The van der Waals surface area contributed by atoms with Crippen LogP contribution in [0.3, 0.4) is 0 Å². The standard InChI is InChI=1S/C15H15BrN2O/c1-3-18(13-6-4-11(2)5-7-13)15(19)12-8-9-17-14(16)10-12/h4-10H,3H2,1-2H3. The maximum Gasteiger partial charge on any atom is 0.258 e. The summed E-state index contributed by atoms with van der Waals surface area (Å²) in [6.07, 6.45) is 1.63. The van der Waals surface area contributed by atoms with Crippen LogP contribution in [0.4, 0.5) is 5.69 Å². The number of hydrogen-bond acceptors (Lipinski definition) is 2. The molecule has 0 saturated carbocycles. The summed E-state index contributed by atoms with van der Waals surface area (Å²) in [6, 6.07) is 11.4. The Balaban J connectivity index is 2.31. The molecule has 0 aliphatic carbocycles. The molecule has 1 aromatic carbocycles. The fourth-order valence-corrected chi connectivity index (χ4v) is 2.22. The molecule has 2 rings (SSSR count). The molecule has 1 aromatic heterocycles. The molecule has 2 aromatic rings. The Labute approximate surface area is 121 Å². The lowest BCUT2D eigenvalue weighted by Crippen LogP contribution is -2.30. The Morgan fingerprint density at radius 3 is 2.53 bits per heavy atom. The summed E-state index contributed by atoms with van der Waals surface area (Å²) in [5, 5.41) is 0. The van der Waals surface area contributed by atoms with Gasteiger partial charge < -0.3 is 4.90 Å². The van der Waals surface area contributed by atoms with Gasteiger partial charge in [-0.1, -0.05) is 17.7 Å². The molecule has 0 aliphatic rings. The van der Waals surface area contributed by atoms with Crippen molar-refractivity contribution in [2.24, 2.45) is 0 Å². The number of aryl methyl sites for hydroxylation is 1. The minimum absolute atomic E-state index is 0.0190. The maximum absolute atomic E-state index is 12.5. The summed E-state index contributed by atoms with van der Waals surface area (Å²) < 4.78 is 0.665. The van der Waals surface area contributed by atoms with Gasteiger partial charge in [0.25, 0.3) is 5.91 Å². The molecule has 98 valence electrons. The van der Waals surface area contributed by atoms with Crippen LogP contribution in [0.25, 0.3) is 0 Å². The van der Waals surface area contributed by atoms with E-state index in [1.807, 2.05) is 38.1 Å². The predicted octanol–water partition coefficient (Wildman–Crippen LogP) is 3.82. The van der Waals surface area contributed by atoms with Crippen LogP contribution in [-0.2, 0) is 0 Å². The van der Waals surface area contributed by atoms with Gasteiger partial charge in [0.15, 0.2) is 0 Å². The molecule has 0 atom stereocenters. The lowest BCUT2D eigenvalue weighted by molar-refractivity contribution is 0.0988. The predicted molar refractivity (Wildman–Crippen MR) is 80.5 cm³/mol. The third-order valence-electron chi connectivity index (χ3n) is 2.88. The largest absolute Gasteiger partial charge is 0.309 e. The van der Waals surface area contributed by atoms with Crippen LogP contribution in [0.15, 0.2) is 47.2 Å². The molecule has 1 amide bonds. The van der Waals surface area contributed by atoms with Crippen LogP contribution >= 0.6 is 15.9 Å². The van der Waals surface area contributed by atoms with Gasteiger partial charge in [0.1, 0.15) is 4.60 Å². The second-order valence-electron chi connectivity index (χ2n) is 4.25. The number of hydrogen-bond donors (Lipinski definition) is 0. The number of halogens is 1. The van der Waals surface area contributed by atoms with Crippen LogP contribution in [0, 0.1) is 6.92 Å². The van der Waals surface area contributed by atoms with Crippen molar-refractivity contribution in [3.05, 3.63) is 58.3 Å². The fraction of sp³-hybridized carbons (Fsp3) is 0.200. The molecule has 0 N–H and O–H groups in total. The second-order valence-corrected chi connectivity index (χ2v) is 5.06. The molecular formula is C15H15BrN2O. The molecule has 0 radical (unpaired) electrons. The number of benzene rings is 1. The van der Waals surface area contributed by atoms with Gasteiger partial charge >= 0.3 is 0 Å². The Morgan fingerprint density at radius 2 is 1.95 bits per heavy atom. The fourth-order valence-electron chi connectivity index (χ4n) is 1.86. The first kappa shape index (κ1) is 13.7. The van der Waals surface area contributed by atoms with E-state index < -0.39 is 0 Å². The number of rotatable bonds is 3. The quantitative estimate of drug-likeness (QED) is 0.806. The van der Waals surface area contributed by atoms with Crippen molar-refractivity contribution in [3.8, 4) is 0 Å². The van der Waals surface area contributed by atoms with Gasteiger partial charge in [0.2, 0.25) is 0 Å². The normalized spacial score (nSPS) is 10.3. The number of aromatic nitrogens is 1. The Kier molecular flexibility index (Phi) is 4.32. The first-order valence-electron chi connectivity index (χ1n) is 6.12. The Morgan fingerprint density at radius 1 is 1.26 bits per heavy atom. The first-order chi connectivity index (χ1) is 9.11. The van der Waals surface area contributed by atoms with E-state index >= 15 is 0 Å². The smallest absolute Gasteiger partial charge is 0.258 e. The summed E-state index contributed by atoms with van der Waals surface area (Å²) in [5.74, 6) is -0.0190. The van der Waals surface area contributed by atoms with E-state index in [-0.39, 0.29) is 5.91 Å². The number of carbonyl (C=O) groups is 1. The van der Waals surface area contributed by atoms with Gasteiger partial charge in [-0.3, -0.25) is 4.79 Å². The van der Waals surface area contributed by atoms with Crippen molar-refractivity contribution >= 4 is 27.5 Å². The minimum atomic E-state index is -0.0190. The Bertz CT molecular complexity index is 581. The van der Waals surface area contributed by atoms with Crippen LogP contribution < -0.4 is 4.90 Å². The number of anilines is 1. The molecule has 0 unspecified atom stereocenters. The molecule has 19 heavy (non-hydrogen) atoms. The SMILES string of the molecule is CCN(C(=O)c1ccnc(Br)c1)c1ccc(C)cc1. The lowest BCUT2D eigenvalue weighted by atomic mass is 10.2. The molecule has 0 bridgehead atoms. The number of carbonyl (C=O) groups excluding carboxylic acids is 1. The zero-order chi connectivity index (χ0) is 13.8. The molecular weight excluding hydrogens is 304 g/mol. The zero-order valence-corrected chi connectivity index (χ0v) is 12.5. The van der Waals surface area contributed by atoms with Crippen LogP contribution in [0.1, 0.15) is 22.8 Å². The van der Waals surface area contributed by atoms with Gasteiger partial charge in [-0.2, -0.15) is 0 Å². The highest BCUT2D eigenvalue weighted by Gasteiger charge is 2.16. The maximum atomic E-state index is 12.5. The van der Waals surface area contributed by atoms with Crippen LogP contribution in [-0.4, -0.2) is 17.4 Å². The average Bonchev–Trinajstić information content (AvgIpc) is 2.41. The molecule has 0 fully saturated rings. The molecule has 4 heteroatoms. The number of amides is 1. The second kappa shape index (κ2) is 5.97. The van der Waals surface area contributed by atoms with Gasteiger partial charge in [-0.25, -0.2) is 4.98 Å². The van der Waals surface area contributed by atoms with Crippen molar-refractivity contribution in [3.63, 3.8) is 0 Å². The Hall–Kier alpha value is -1.68. The highest BCUT2D eigenvalue weighted by molar-refractivity contribution is 9.10. The summed E-state index contributed by atoms with van der Waals surface area (Å²) in [5.41, 5.74) is 2.72. The van der Waals surface area contributed by atoms with Crippen molar-refractivity contribution < 1.29 is 4.79 Å². The van der Waals surface area contributed by atoms with Crippen LogP contribution in [0.5, 0.6) is 0 Å². The van der Waals surface area contributed by atoms with Gasteiger partial charge in [-0.05, 0) is 54.0 Å². The van der Waals surface area contributed by atoms with Crippen LogP contribution in [0.2, 0.25) is 0 Å². The average molecular weight is 319 g/mol. The lowest BCUT2D eigenvalue weighted by Gasteiger charge is -2.21. The highest BCUT2D eigenvalue weighted by Crippen LogP contribution is 2.18. The van der Waals surface area contributed by atoms with E-state index in [4.69, 9.17) is 0 Å². The molecule has 0 aliphatic heterocycles. The van der Waals surface area contributed by atoms with Crippen molar-refractivity contribution in [2.45, 2.75) is 13.8 Å². The minimum Gasteiger partial charge on any atom is -0.309 e. The van der Waals surface area contributed by atoms with E-state index in [1.165, 1.54) is 5.56 Å². The molecule has 0 spiro atoms. The van der Waals surface area contributed by atoms with E-state index in [0.29, 0.717) is 16.7 Å². The number of pyridine rings is 1. The van der Waals surface area contributed by atoms with Crippen molar-refractivity contribution in [1.82, 2.24) is 4.98 Å². The topological polar surface area (TPSA) is 33.2 Å². The van der Waals surface area contributed by atoms with E-state index in [2.05, 4.69) is 20.9 Å². The third-order valence-corrected chi connectivity index (χ3v) is 3.31. The van der Waals surface area contributed by atoms with Crippen molar-refractivity contribution in [1.29, 1.82) is 0 Å². The van der Waals surface area contributed by atoms with E-state index in [1.54, 1.807) is 23.2 Å². The van der Waals surface area contributed by atoms with E-state index in [0.717, 1.165) is 5.69 Å².